The van der Waals surface area contributed by atoms with Crippen LogP contribution >= 0.6 is 35.0 Å². The summed E-state index contributed by atoms with van der Waals surface area (Å²) in [5, 5.41) is 5.74. The highest BCUT2D eigenvalue weighted by atomic mass is 35.5. The van der Waals surface area contributed by atoms with Crippen LogP contribution in [0.4, 0.5) is 5.69 Å². The van der Waals surface area contributed by atoms with Crippen molar-refractivity contribution in [2.24, 2.45) is 5.92 Å². The van der Waals surface area contributed by atoms with Gasteiger partial charge in [0.05, 0.1) is 10.9 Å². The zero-order chi connectivity index (χ0) is 23.5. The molecule has 0 aromatic heterocycles. The first-order valence-electron chi connectivity index (χ1n) is 12.5. The molecule has 34 heavy (non-hydrogen) atoms. The molecule has 1 unspecified atom stereocenters. The van der Waals surface area contributed by atoms with Gasteiger partial charge in [0.2, 0.25) is 5.91 Å². The van der Waals surface area contributed by atoms with Gasteiger partial charge in [0.15, 0.2) is 0 Å². The first kappa shape index (κ1) is 24.3. The van der Waals surface area contributed by atoms with E-state index in [1.54, 1.807) is 0 Å². The number of hydrogen-bond acceptors (Lipinski definition) is 4. The van der Waals surface area contributed by atoms with Crippen LogP contribution in [0.15, 0.2) is 47.4 Å². The Labute approximate surface area is 217 Å². The van der Waals surface area contributed by atoms with Crippen LogP contribution in [-0.4, -0.2) is 54.8 Å². The van der Waals surface area contributed by atoms with Gasteiger partial charge in [-0.15, -0.1) is 11.8 Å². The van der Waals surface area contributed by atoms with E-state index < -0.39 is 0 Å². The third-order valence-electron chi connectivity index (χ3n) is 7.07. The fourth-order valence-electron chi connectivity index (χ4n) is 5.03. The van der Waals surface area contributed by atoms with Gasteiger partial charge in [-0.1, -0.05) is 29.3 Å². The quantitative estimate of drug-likeness (QED) is 0.449. The number of thioether (sulfide) groups is 1. The molecule has 2 heterocycles. The highest BCUT2D eigenvalue weighted by Gasteiger charge is 2.30. The molecular weight excluding hydrogens is 485 g/mol. The van der Waals surface area contributed by atoms with Crippen LogP contribution in [0.25, 0.3) is 0 Å². The van der Waals surface area contributed by atoms with E-state index in [2.05, 4.69) is 33.3 Å². The van der Waals surface area contributed by atoms with Crippen LogP contribution < -0.4 is 10.2 Å². The molecule has 2 aromatic carbocycles. The number of hydrogen-bond donors (Lipinski definition) is 1. The topological polar surface area (TPSA) is 35.6 Å². The highest BCUT2D eigenvalue weighted by Crippen LogP contribution is 2.42. The molecule has 3 aliphatic rings. The van der Waals surface area contributed by atoms with Gasteiger partial charge in [0.1, 0.15) is 0 Å². The molecule has 2 saturated heterocycles. The zero-order valence-corrected chi connectivity index (χ0v) is 21.8. The molecule has 2 aliphatic heterocycles. The number of rotatable bonds is 9. The smallest absolute Gasteiger partial charge is 0.225 e. The Balaban J connectivity index is 1.22. The van der Waals surface area contributed by atoms with Crippen LogP contribution in [0.5, 0.6) is 0 Å². The van der Waals surface area contributed by atoms with E-state index in [0.29, 0.717) is 0 Å². The molecule has 3 fully saturated rings. The van der Waals surface area contributed by atoms with E-state index in [-0.39, 0.29) is 17.9 Å². The van der Waals surface area contributed by atoms with E-state index in [9.17, 15) is 4.79 Å². The number of benzene rings is 2. The fraction of sp³-hybridized carbons (Fsp3) is 0.519. The summed E-state index contributed by atoms with van der Waals surface area (Å²) < 4.78 is 0. The van der Waals surface area contributed by atoms with Crippen molar-refractivity contribution in [3.63, 3.8) is 0 Å². The van der Waals surface area contributed by atoms with Gasteiger partial charge < -0.3 is 15.1 Å². The predicted octanol–water partition coefficient (Wildman–Crippen LogP) is 5.90. The maximum absolute atomic E-state index is 13.3. The number of anilines is 1. The molecule has 7 heteroatoms. The second-order valence-electron chi connectivity index (χ2n) is 9.91. The molecule has 1 amide bonds. The lowest BCUT2D eigenvalue weighted by Crippen LogP contribution is -2.46. The van der Waals surface area contributed by atoms with E-state index >= 15 is 0 Å². The second kappa shape index (κ2) is 11.1. The van der Waals surface area contributed by atoms with Gasteiger partial charge in [-0.05, 0) is 93.6 Å². The Morgan fingerprint density at radius 1 is 1.03 bits per heavy atom. The van der Waals surface area contributed by atoms with Crippen molar-refractivity contribution in [3.8, 4) is 0 Å². The first-order valence-corrected chi connectivity index (χ1v) is 14.2. The number of carbonyl (C=O) groups excluding carboxylic acids is 1. The van der Waals surface area contributed by atoms with Gasteiger partial charge >= 0.3 is 0 Å². The van der Waals surface area contributed by atoms with Gasteiger partial charge in [0, 0.05) is 46.5 Å². The Kier molecular flexibility index (Phi) is 7.94. The minimum absolute atomic E-state index is 0.0117. The number of halogens is 2. The van der Waals surface area contributed by atoms with Crippen LogP contribution in [0, 0.1) is 5.92 Å². The minimum atomic E-state index is 0.0117. The average molecular weight is 519 g/mol. The van der Waals surface area contributed by atoms with Crippen molar-refractivity contribution < 1.29 is 4.79 Å². The molecule has 1 aliphatic carbocycles. The third-order valence-corrected chi connectivity index (χ3v) is 9.16. The average Bonchev–Trinajstić information content (AvgIpc) is 3.26. The lowest BCUT2D eigenvalue weighted by Gasteiger charge is -2.26. The minimum Gasteiger partial charge on any atom is -0.371 e. The van der Waals surface area contributed by atoms with Crippen molar-refractivity contribution in [2.75, 3.05) is 37.6 Å². The normalized spacial score (nSPS) is 21.7. The van der Waals surface area contributed by atoms with Crippen molar-refractivity contribution in [2.45, 2.75) is 54.7 Å². The SMILES string of the molecule is O=C(NC(Cc1ccc(SC2CC2)c(Cl)c1)CN1CCCC1)[C@@H]1CCN(c2ccc(Cl)cc2)C1. The van der Waals surface area contributed by atoms with E-state index in [1.165, 1.54) is 36.1 Å². The van der Waals surface area contributed by atoms with Crippen LogP contribution in [-0.2, 0) is 11.2 Å². The van der Waals surface area contributed by atoms with Gasteiger partial charge in [0.25, 0.3) is 0 Å². The van der Waals surface area contributed by atoms with Crippen LogP contribution in [0.3, 0.4) is 0 Å². The first-order chi connectivity index (χ1) is 16.5. The van der Waals surface area contributed by atoms with E-state index in [0.717, 1.165) is 66.5 Å². The summed E-state index contributed by atoms with van der Waals surface area (Å²) in [6.45, 7) is 4.79. The molecule has 0 spiro atoms. The number of amides is 1. The summed E-state index contributed by atoms with van der Waals surface area (Å²) in [6, 6.07) is 14.4. The molecule has 1 N–H and O–H groups in total. The summed E-state index contributed by atoms with van der Waals surface area (Å²) in [4.78, 5) is 19.2. The van der Waals surface area contributed by atoms with Crippen molar-refractivity contribution in [1.29, 1.82) is 0 Å². The maximum Gasteiger partial charge on any atom is 0.225 e. The van der Waals surface area contributed by atoms with Crippen LogP contribution in [0.2, 0.25) is 10.0 Å². The van der Waals surface area contributed by atoms with Crippen molar-refractivity contribution in [1.82, 2.24) is 10.2 Å². The number of likely N-dealkylation sites (tertiary alicyclic amines) is 1. The molecule has 1 saturated carbocycles. The largest absolute Gasteiger partial charge is 0.371 e. The number of carbonyl (C=O) groups is 1. The molecule has 0 radical (unpaired) electrons. The summed E-state index contributed by atoms with van der Waals surface area (Å²) >= 11 is 14.5. The van der Waals surface area contributed by atoms with Crippen molar-refractivity contribution in [3.05, 3.63) is 58.1 Å². The predicted molar refractivity (Wildman–Crippen MR) is 143 cm³/mol. The Morgan fingerprint density at radius 3 is 2.50 bits per heavy atom. The lowest BCUT2D eigenvalue weighted by molar-refractivity contribution is -0.125. The standard InChI is InChI=1S/C27H33Cl2N3OS/c28-21-4-6-23(7-5-21)32-14-11-20(17-32)27(33)30-22(18-31-12-1-2-13-31)15-19-3-10-26(25(29)16-19)34-24-8-9-24/h3-7,10,16,20,22,24H,1-2,8-9,11-15,17-18H2,(H,30,33)/t20-,22?/m1/s1. The Morgan fingerprint density at radius 2 is 1.79 bits per heavy atom. The third kappa shape index (κ3) is 6.42. The maximum atomic E-state index is 13.3. The fourth-order valence-corrected chi connectivity index (χ4v) is 6.55. The lowest BCUT2D eigenvalue weighted by atomic mass is 10.0. The molecule has 2 aromatic rings. The van der Waals surface area contributed by atoms with E-state index in [4.69, 9.17) is 23.2 Å². The van der Waals surface area contributed by atoms with Crippen LogP contribution in [0.1, 0.15) is 37.7 Å². The Bertz CT molecular complexity index is 992. The second-order valence-corrected chi connectivity index (χ2v) is 12.1. The molecule has 2 atom stereocenters. The monoisotopic (exact) mass is 517 g/mol. The number of nitrogens with zero attached hydrogens (tertiary/aromatic N) is 2. The van der Waals surface area contributed by atoms with Crippen molar-refractivity contribution >= 4 is 46.6 Å². The summed E-state index contributed by atoms with van der Waals surface area (Å²) in [7, 11) is 0. The molecule has 5 rings (SSSR count). The highest BCUT2D eigenvalue weighted by molar-refractivity contribution is 8.00. The molecule has 182 valence electrons. The van der Waals surface area contributed by atoms with Gasteiger partial charge in [-0.3, -0.25) is 4.79 Å². The number of nitrogens with one attached hydrogen (secondary N) is 1. The summed E-state index contributed by atoms with van der Waals surface area (Å²) in [6.07, 6.45) is 6.77. The summed E-state index contributed by atoms with van der Waals surface area (Å²) in [5.41, 5.74) is 2.33. The van der Waals surface area contributed by atoms with Gasteiger partial charge in [-0.25, -0.2) is 0 Å². The van der Waals surface area contributed by atoms with E-state index in [1.807, 2.05) is 36.0 Å². The molecular formula is C27H33Cl2N3OS. The zero-order valence-electron chi connectivity index (χ0n) is 19.5. The Hall–Kier alpha value is -1.40. The molecule has 0 bridgehead atoms. The molecule has 4 nitrogen and oxygen atoms in total. The summed E-state index contributed by atoms with van der Waals surface area (Å²) in [5.74, 6) is 0.185. The van der Waals surface area contributed by atoms with Gasteiger partial charge in [-0.2, -0.15) is 0 Å².